The number of aliphatic hydroxyl groups excluding tert-OH is 1. The van der Waals surface area contributed by atoms with E-state index in [0.29, 0.717) is 16.8 Å². The van der Waals surface area contributed by atoms with Crippen LogP contribution in [0.1, 0.15) is 20.3 Å². The standard InChI is InChI=1S/C10H17ClN4O/c1-3-7(6-16)14-9-8(11)5-13-10(15-9)12-4-2/h5,7,16H,3-4,6H2,1-2H3,(H2,12,13,14,15). The zero-order valence-electron chi connectivity index (χ0n) is 9.50. The Morgan fingerprint density at radius 1 is 1.50 bits per heavy atom. The van der Waals surface area contributed by atoms with Crippen LogP contribution in [0.5, 0.6) is 0 Å². The Labute approximate surface area is 100 Å². The topological polar surface area (TPSA) is 70.1 Å². The summed E-state index contributed by atoms with van der Waals surface area (Å²) in [5.74, 6) is 1.08. The van der Waals surface area contributed by atoms with Gasteiger partial charge in [-0.05, 0) is 13.3 Å². The molecule has 1 heterocycles. The largest absolute Gasteiger partial charge is 0.394 e. The van der Waals surface area contributed by atoms with E-state index in [0.717, 1.165) is 13.0 Å². The minimum absolute atomic E-state index is 0.0399. The van der Waals surface area contributed by atoms with E-state index < -0.39 is 0 Å². The summed E-state index contributed by atoms with van der Waals surface area (Å²) in [5, 5.41) is 15.6. The van der Waals surface area contributed by atoms with Gasteiger partial charge in [0.05, 0.1) is 18.8 Å². The van der Waals surface area contributed by atoms with Crippen molar-refractivity contribution in [1.82, 2.24) is 9.97 Å². The molecule has 1 unspecified atom stereocenters. The van der Waals surface area contributed by atoms with Crippen LogP contribution < -0.4 is 10.6 Å². The number of nitrogens with one attached hydrogen (secondary N) is 2. The average molecular weight is 245 g/mol. The first-order valence-electron chi connectivity index (χ1n) is 5.35. The van der Waals surface area contributed by atoms with Gasteiger partial charge in [0.2, 0.25) is 5.95 Å². The summed E-state index contributed by atoms with van der Waals surface area (Å²) in [6, 6.07) is -0.0399. The molecule has 0 spiro atoms. The maximum Gasteiger partial charge on any atom is 0.224 e. The first-order valence-corrected chi connectivity index (χ1v) is 5.72. The number of rotatable bonds is 6. The molecule has 0 aromatic carbocycles. The predicted octanol–water partition coefficient (Wildman–Crippen LogP) is 1.74. The number of aliphatic hydroxyl groups is 1. The number of aromatic nitrogens is 2. The van der Waals surface area contributed by atoms with Crippen molar-refractivity contribution in [2.45, 2.75) is 26.3 Å². The number of nitrogens with zero attached hydrogens (tertiary/aromatic N) is 2. The van der Waals surface area contributed by atoms with E-state index in [4.69, 9.17) is 16.7 Å². The smallest absolute Gasteiger partial charge is 0.224 e. The maximum absolute atomic E-state index is 9.09. The molecule has 90 valence electrons. The van der Waals surface area contributed by atoms with Crippen LogP contribution in [0.4, 0.5) is 11.8 Å². The number of anilines is 2. The molecule has 0 radical (unpaired) electrons. The highest BCUT2D eigenvalue weighted by molar-refractivity contribution is 6.32. The van der Waals surface area contributed by atoms with Crippen LogP contribution >= 0.6 is 11.6 Å². The minimum atomic E-state index is -0.0399. The third kappa shape index (κ3) is 3.50. The highest BCUT2D eigenvalue weighted by atomic mass is 35.5. The Balaban J connectivity index is 2.80. The van der Waals surface area contributed by atoms with Crippen LogP contribution in [0.15, 0.2) is 6.20 Å². The number of hydrogen-bond donors (Lipinski definition) is 3. The fraction of sp³-hybridized carbons (Fsp3) is 0.600. The van der Waals surface area contributed by atoms with Gasteiger partial charge in [-0.3, -0.25) is 0 Å². The van der Waals surface area contributed by atoms with Crippen molar-refractivity contribution in [3.63, 3.8) is 0 Å². The molecular weight excluding hydrogens is 228 g/mol. The molecule has 0 saturated carbocycles. The van der Waals surface area contributed by atoms with Gasteiger partial charge in [-0.15, -0.1) is 0 Å². The van der Waals surface area contributed by atoms with Gasteiger partial charge in [0.1, 0.15) is 5.02 Å². The van der Waals surface area contributed by atoms with Gasteiger partial charge >= 0.3 is 0 Å². The van der Waals surface area contributed by atoms with Crippen molar-refractivity contribution in [2.24, 2.45) is 0 Å². The lowest BCUT2D eigenvalue weighted by molar-refractivity contribution is 0.271. The Hall–Kier alpha value is -1.07. The van der Waals surface area contributed by atoms with Crippen LogP contribution in [0.25, 0.3) is 0 Å². The van der Waals surface area contributed by atoms with Gasteiger partial charge in [-0.1, -0.05) is 18.5 Å². The van der Waals surface area contributed by atoms with Crippen LogP contribution in [-0.2, 0) is 0 Å². The molecule has 0 aliphatic carbocycles. The molecule has 0 bridgehead atoms. The molecular formula is C10H17ClN4O. The zero-order valence-corrected chi connectivity index (χ0v) is 10.3. The lowest BCUT2D eigenvalue weighted by Crippen LogP contribution is -2.23. The third-order valence-electron chi connectivity index (χ3n) is 2.13. The molecule has 16 heavy (non-hydrogen) atoms. The predicted molar refractivity (Wildman–Crippen MR) is 66.0 cm³/mol. The second kappa shape index (κ2) is 6.50. The van der Waals surface area contributed by atoms with Crippen molar-refractivity contribution in [2.75, 3.05) is 23.8 Å². The minimum Gasteiger partial charge on any atom is -0.394 e. The van der Waals surface area contributed by atoms with Gasteiger partial charge in [-0.25, -0.2) is 4.98 Å². The van der Waals surface area contributed by atoms with Crippen LogP contribution in [0, 0.1) is 0 Å². The Kier molecular flexibility index (Phi) is 5.28. The normalized spacial score (nSPS) is 12.2. The number of halogens is 1. The van der Waals surface area contributed by atoms with Crippen molar-refractivity contribution < 1.29 is 5.11 Å². The summed E-state index contributed by atoms with van der Waals surface area (Å²) in [6.45, 7) is 4.74. The van der Waals surface area contributed by atoms with Crippen LogP contribution in [0.3, 0.4) is 0 Å². The summed E-state index contributed by atoms with van der Waals surface area (Å²) < 4.78 is 0. The fourth-order valence-electron chi connectivity index (χ4n) is 1.18. The van der Waals surface area contributed by atoms with Gasteiger partial charge < -0.3 is 15.7 Å². The number of hydrogen-bond acceptors (Lipinski definition) is 5. The van der Waals surface area contributed by atoms with Gasteiger partial charge in [-0.2, -0.15) is 4.98 Å². The molecule has 6 heteroatoms. The van der Waals surface area contributed by atoms with Crippen LogP contribution in [0.2, 0.25) is 5.02 Å². The van der Waals surface area contributed by atoms with E-state index in [1.807, 2.05) is 13.8 Å². The molecule has 0 amide bonds. The summed E-state index contributed by atoms with van der Waals surface area (Å²) in [6.07, 6.45) is 2.34. The Morgan fingerprint density at radius 3 is 2.81 bits per heavy atom. The average Bonchev–Trinajstić information content (AvgIpc) is 2.30. The molecule has 0 saturated heterocycles. The second-order valence-electron chi connectivity index (χ2n) is 3.35. The first-order chi connectivity index (χ1) is 7.71. The van der Waals surface area contributed by atoms with Crippen molar-refractivity contribution in [1.29, 1.82) is 0 Å². The highest BCUT2D eigenvalue weighted by Crippen LogP contribution is 2.20. The van der Waals surface area contributed by atoms with Gasteiger partial charge in [0.15, 0.2) is 5.82 Å². The van der Waals surface area contributed by atoms with Crippen LogP contribution in [-0.4, -0.2) is 34.3 Å². The maximum atomic E-state index is 9.09. The monoisotopic (exact) mass is 244 g/mol. The Morgan fingerprint density at radius 2 is 2.25 bits per heavy atom. The van der Waals surface area contributed by atoms with E-state index in [9.17, 15) is 0 Å². The summed E-state index contributed by atoms with van der Waals surface area (Å²) >= 11 is 5.96. The molecule has 1 aromatic heterocycles. The molecule has 0 fully saturated rings. The summed E-state index contributed by atoms with van der Waals surface area (Å²) in [4.78, 5) is 8.25. The molecule has 0 aliphatic heterocycles. The first kappa shape index (κ1) is 13.0. The fourth-order valence-corrected chi connectivity index (χ4v) is 1.33. The summed E-state index contributed by atoms with van der Waals surface area (Å²) in [7, 11) is 0. The van der Waals surface area contributed by atoms with E-state index in [2.05, 4.69) is 20.6 Å². The lowest BCUT2D eigenvalue weighted by atomic mass is 10.2. The van der Waals surface area contributed by atoms with E-state index in [1.54, 1.807) is 6.20 Å². The van der Waals surface area contributed by atoms with Crippen molar-refractivity contribution in [3.05, 3.63) is 11.2 Å². The quantitative estimate of drug-likeness (QED) is 0.711. The van der Waals surface area contributed by atoms with E-state index in [1.165, 1.54) is 0 Å². The molecule has 0 aliphatic rings. The SMILES string of the molecule is CCNc1ncc(Cl)c(NC(CC)CO)n1. The van der Waals surface area contributed by atoms with E-state index in [-0.39, 0.29) is 12.6 Å². The van der Waals surface area contributed by atoms with Crippen molar-refractivity contribution >= 4 is 23.4 Å². The molecule has 1 atom stereocenters. The van der Waals surface area contributed by atoms with Gasteiger partial charge in [0, 0.05) is 6.54 Å². The van der Waals surface area contributed by atoms with Gasteiger partial charge in [0.25, 0.3) is 0 Å². The third-order valence-corrected chi connectivity index (χ3v) is 2.41. The molecule has 3 N–H and O–H groups in total. The second-order valence-corrected chi connectivity index (χ2v) is 3.76. The zero-order chi connectivity index (χ0) is 12.0. The summed E-state index contributed by atoms with van der Waals surface area (Å²) in [5.41, 5.74) is 0. The van der Waals surface area contributed by atoms with E-state index >= 15 is 0 Å². The molecule has 1 rings (SSSR count). The highest BCUT2D eigenvalue weighted by Gasteiger charge is 2.09. The lowest BCUT2D eigenvalue weighted by Gasteiger charge is -2.16. The molecule has 5 nitrogen and oxygen atoms in total. The van der Waals surface area contributed by atoms with Crippen molar-refractivity contribution in [3.8, 4) is 0 Å². The Bertz CT molecular complexity index is 331. The molecule has 1 aromatic rings.